The number of benzene rings is 1. The first-order chi connectivity index (χ1) is 9.33. The number of H-pyrrole nitrogens is 1. The van der Waals surface area contributed by atoms with Crippen LogP contribution in [-0.2, 0) is 6.42 Å². The molecule has 0 aliphatic rings. The van der Waals surface area contributed by atoms with E-state index in [4.69, 9.17) is 0 Å². The molecule has 3 heteroatoms. The molecule has 2 rings (SSSR count). The number of hydrogen-bond donors (Lipinski definition) is 1. The number of fused-ring (bicyclic) bond motifs is 1. The minimum absolute atomic E-state index is 0.989. The summed E-state index contributed by atoms with van der Waals surface area (Å²) >= 11 is 0. The highest BCUT2D eigenvalue weighted by molar-refractivity contribution is 5.78. The van der Waals surface area contributed by atoms with Crippen LogP contribution in [0.4, 0.5) is 0 Å². The fraction of sp³-hybridized carbons (Fsp3) is 0.625. The van der Waals surface area contributed by atoms with E-state index >= 15 is 0 Å². The second-order valence-corrected chi connectivity index (χ2v) is 5.42. The fourth-order valence-corrected chi connectivity index (χ4v) is 2.64. The Balaban J connectivity index is 1.81. The normalized spacial score (nSPS) is 11.3. The first-order valence-electron chi connectivity index (χ1n) is 7.62. The minimum Gasteiger partial charge on any atom is -0.197 e. The predicted molar refractivity (Wildman–Crippen MR) is 80.3 cm³/mol. The molecule has 1 aromatic carbocycles. The van der Waals surface area contributed by atoms with Crippen LogP contribution in [0.2, 0.25) is 0 Å². The average Bonchev–Trinajstić information content (AvgIpc) is 2.88. The maximum Gasteiger partial charge on any atom is 0.116 e. The number of aromatic amines is 1. The van der Waals surface area contributed by atoms with Crippen LogP contribution < -0.4 is 0 Å². The lowest BCUT2D eigenvalue weighted by atomic mass is 9.99. The number of nitrogens with one attached hydrogen (secondary N) is 1. The topological polar surface area (TPSA) is 41.6 Å². The zero-order valence-electron chi connectivity index (χ0n) is 12.2. The first kappa shape index (κ1) is 14.0. The van der Waals surface area contributed by atoms with Gasteiger partial charge in [0.15, 0.2) is 0 Å². The Hall–Kier alpha value is -1.38. The third kappa shape index (κ3) is 3.79. The van der Waals surface area contributed by atoms with Gasteiger partial charge in [0.25, 0.3) is 0 Å². The molecule has 0 aliphatic heterocycles. The van der Waals surface area contributed by atoms with E-state index in [0.717, 1.165) is 17.5 Å². The van der Waals surface area contributed by atoms with Gasteiger partial charge in [-0.15, -0.1) is 0 Å². The van der Waals surface area contributed by atoms with Crippen LogP contribution in [0.5, 0.6) is 0 Å². The summed E-state index contributed by atoms with van der Waals surface area (Å²) in [5.41, 5.74) is 4.77. The van der Waals surface area contributed by atoms with Crippen LogP contribution in [0.15, 0.2) is 12.1 Å². The zero-order valence-corrected chi connectivity index (χ0v) is 12.2. The Morgan fingerprint density at radius 2 is 1.68 bits per heavy atom. The number of hydrogen-bond acceptors (Lipinski definition) is 2. The summed E-state index contributed by atoms with van der Waals surface area (Å²) in [6, 6.07) is 4.20. The molecule has 0 aliphatic carbocycles. The van der Waals surface area contributed by atoms with Crippen LogP contribution >= 0.6 is 0 Å². The van der Waals surface area contributed by atoms with Gasteiger partial charge in [0.05, 0.1) is 0 Å². The summed E-state index contributed by atoms with van der Waals surface area (Å²) in [4.78, 5) is 0. The smallest absolute Gasteiger partial charge is 0.116 e. The monoisotopic (exact) mass is 259 g/mol. The molecule has 0 saturated heterocycles. The third-order valence-electron chi connectivity index (χ3n) is 3.86. The standard InChI is InChI=1S/C16H25N3/c1-3-4-5-6-7-8-9-10-14-13(2)11-12-15-16(14)18-19-17-15/h11-12H,3-10H2,1-2H3,(H,17,18,19). The quantitative estimate of drug-likeness (QED) is 0.706. The summed E-state index contributed by atoms with van der Waals surface area (Å²) in [5.74, 6) is 0. The van der Waals surface area contributed by atoms with Gasteiger partial charge in [-0.3, -0.25) is 0 Å². The van der Waals surface area contributed by atoms with E-state index in [9.17, 15) is 0 Å². The van der Waals surface area contributed by atoms with Crippen molar-refractivity contribution in [3.63, 3.8) is 0 Å². The molecule has 104 valence electrons. The number of unbranched alkanes of at least 4 members (excludes halogenated alkanes) is 6. The van der Waals surface area contributed by atoms with E-state index in [1.165, 1.54) is 56.1 Å². The van der Waals surface area contributed by atoms with E-state index < -0.39 is 0 Å². The Labute approximate surface area is 115 Å². The summed E-state index contributed by atoms with van der Waals surface area (Å²) in [5, 5.41) is 11.2. The van der Waals surface area contributed by atoms with Crippen LogP contribution in [0.3, 0.4) is 0 Å². The number of nitrogens with zero attached hydrogens (tertiary/aromatic N) is 2. The maximum absolute atomic E-state index is 4.28. The molecule has 0 fully saturated rings. The SMILES string of the molecule is CCCCCCCCCc1c(C)ccc2n[nH]nc12. The molecule has 0 spiro atoms. The van der Waals surface area contributed by atoms with Crippen LogP contribution in [-0.4, -0.2) is 15.4 Å². The van der Waals surface area contributed by atoms with Crippen molar-refractivity contribution >= 4 is 11.0 Å². The Bertz CT molecular complexity index is 502. The minimum atomic E-state index is 0.989. The Morgan fingerprint density at radius 3 is 2.47 bits per heavy atom. The fourth-order valence-electron chi connectivity index (χ4n) is 2.64. The molecule has 2 aromatic rings. The van der Waals surface area contributed by atoms with Gasteiger partial charge in [0.2, 0.25) is 0 Å². The Kier molecular flexibility index (Phi) is 5.37. The highest BCUT2D eigenvalue weighted by Gasteiger charge is 2.07. The van der Waals surface area contributed by atoms with Crippen molar-refractivity contribution in [3.8, 4) is 0 Å². The van der Waals surface area contributed by atoms with Crippen LogP contribution in [0.1, 0.15) is 63.0 Å². The maximum atomic E-state index is 4.28. The van der Waals surface area contributed by atoms with Crippen LogP contribution in [0, 0.1) is 6.92 Å². The van der Waals surface area contributed by atoms with Gasteiger partial charge in [0.1, 0.15) is 11.0 Å². The van der Waals surface area contributed by atoms with E-state index in [1.54, 1.807) is 0 Å². The van der Waals surface area contributed by atoms with Crippen molar-refractivity contribution in [3.05, 3.63) is 23.3 Å². The highest BCUT2D eigenvalue weighted by atomic mass is 15.3. The van der Waals surface area contributed by atoms with Gasteiger partial charge < -0.3 is 0 Å². The van der Waals surface area contributed by atoms with Crippen molar-refractivity contribution in [2.24, 2.45) is 0 Å². The lowest BCUT2D eigenvalue weighted by molar-refractivity contribution is 0.589. The van der Waals surface area contributed by atoms with Gasteiger partial charge >= 0.3 is 0 Å². The van der Waals surface area contributed by atoms with Crippen molar-refractivity contribution in [1.29, 1.82) is 0 Å². The van der Waals surface area contributed by atoms with E-state index in [2.05, 4.69) is 35.3 Å². The molecule has 0 radical (unpaired) electrons. The number of aromatic nitrogens is 3. The van der Waals surface area contributed by atoms with Crippen molar-refractivity contribution < 1.29 is 0 Å². The molecule has 0 unspecified atom stereocenters. The molecule has 3 nitrogen and oxygen atoms in total. The lowest BCUT2D eigenvalue weighted by Crippen LogP contribution is -1.92. The molecule has 0 atom stereocenters. The predicted octanol–water partition coefficient (Wildman–Crippen LogP) is 4.56. The zero-order chi connectivity index (χ0) is 13.5. The van der Waals surface area contributed by atoms with E-state index in [0.29, 0.717) is 0 Å². The van der Waals surface area contributed by atoms with Crippen molar-refractivity contribution in [2.45, 2.75) is 65.2 Å². The van der Waals surface area contributed by atoms with Gasteiger partial charge in [-0.05, 0) is 37.0 Å². The number of rotatable bonds is 8. The molecule has 1 N–H and O–H groups in total. The summed E-state index contributed by atoms with van der Waals surface area (Å²) in [6.07, 6.45) is 10.6. The van der Waals surface area contributed by atoms with E-state index in [-0.39, 0.29) is 0 Å². The molecule has 0 amide bonds. The summed E-state index contributed by atoms with van der Waals surface area (Å²) in [7, 11) is 0. The summed E-state index contributed by atoms with van der Waals surface area (Å²) < 4.78 is 0. The second kappa shape index (κ2) is 7.27. The largest absolute Gasteiger partial charge is 0.197 e. The highest BCUT2D eigenvalue weighted by Crippen LogP contribution is 2.21. The molecular weight excluding hydrogens is 234 g/mol. The lowest BCUT2D eigenvalue weighted by Gasteiger charge is -2.06. The van der Waals surface area contributed by atoms with Gasteiger partial charge in [-0.2, -0.15) is 15.4 Å². The molecule has 19 heavy (non-hydrogen) atoms. The second-order valence-electron chi connectivity index (χ2n) is 5.42. The van der Waals surface area contributed by atoms with Gasteiger partial charge in [-0.25, -0.2) is 0 Å². The van der Waals surface area contributed by atoms with Gasteiger partial charge in [-0.1, -0.05) is 51.5 Å². The molecule has 1 aromatic heterocycles. The molecule has 0 bridgehead atoms. The summed E-state index contributed by atoms with van der Waals surface area (Å²) in [6.45, 7) is 4.44. The number of aryl methyl sites for hydroxylation is 2. The van der Waals surface area contributed by atoms with Gasteiger partial charge in [0, 0.05) is 0 Å². The average molecular weight is 259 g/mol. The van der Waals surface area contributed by atoms with Crippen molar-refractivity contribution in [1.82, 2.24) is 15.4 Å². The molecule has 1 heterocycles. The van der Waals surface area contributed by atoms with E-state index in [1.807, 2.05) is 6.07 Å². The first-order valence-corrected chi connectivity index (χ1v) is 7.62. The van der Waals surface area contributed by atoms with Crippen molar-refractivity contribution in [2.75, 3.05) is 0 Å². The Morgan fingerprint density at radius 1 is 0.947 bits per heavy atom. The molecular formula is C16H25N3. The molecule has 0 saturated carbocycles. The van der Waals surface area contributed by atoms with Crippen LogP contribution in [0.25, 0.3) is 11.0 Å². The third-order valence-corrected chi connectivity index (χ3v) is 3.86.